The zero-order valence-electron chi connectivity index (χ0n) is 30.6. The lowest BCUT2D eigenvalue weighted by Gasteiger charge is -2.23. The summed E-state index contributed by atoms with van der Waals surface area (Å²) in [4.78, 5) is 0. The third-order valence-corrected chi connectivity index (χ3v) is 13.1. The molecule has 0 spiro atoms. The summed E-state index contributed by atoms with van der Waals surface area (Å²) in [6, 6.07) is 59.8. The lowest BCUT2D eigenvalue weighted by molar-refractivity contribution is 0.795. The van der Waals surface area contributed by atoms with Crippen LogP contribution < -0.4 is 5.19 Å². The van der Waals surface area contributed by atoms with Gasteiger partial charge in [0, 0.05) is 0 Å². The van der Waals surface area contributed by atoms with Crippen LogP contribution in [0.5, 0.6) is 0 Å². The minimum absolute atomic E-state index is 1.08. The topological polar surface area (TPSA) is 0 Å². The highest BCUT2D eigenvalue weighted by Crippen LogP contribution is 2.40. The van der Waals surface area contributed by atoms with Crippen molar-refractivity contribution in [2.24, 2.45) is 0 Å². The number of fused-ring (bicyclic) bond motifs is 7. The lowest BCUT2D eigenvalue weighted by Crippen LogP contribution is -2.38. The summed E-state index contributed by atoms with van der Waals surface area (Å²) >= 11 is 0. The van der Waals surface area contributed by atoms with Crippen molar-refractivity contribution in [3.8, 4) is 33.4 Å². The Hall–Kier alpha value is -5.50. The largest absolute Gasteiger partial charge is 0.0784 e. The summed E-state index contributed by atoms with van der Waals surface area (Å²) in [7, 11) is -1.68. The SMILES string of the molecule is CCCCc1cc(-c2ccc3cc(-c4ccc5ccccc5c4)ccc3c2)cc(-c2cc3c([Si](C)(C)C)cc4ccccc4c3c3ccccc23)c1. The van der Waals surface area contributed by atoms with E-state index in [2.05, 4.69) is 184 Å². The molecule has 0 radical (unpaired) electrons. The van der Waals surface area contributed by atoms with E-state index in [0.717, 1.165) is 6.42 Å². The predicted molar refractivity (Wildman–Crippen MR) is 232 cm³/mol. The van der Waals surface area contributed by atoms with E-state index >= 15 is 0 Å². The van der Waals surface area contributed by atoms with E-state index in [0.29, 0.717) is 0 Å². The van der Waals surface area contributed by atoms with Gasteiger partial charge in [0.1, 0.15) is 0 Å². The molecule has 252 valence electrons. The molecule has 0 amide bonds. The molecule has 0 aliphatic rings. The van der Waals surface area contributed by atoms with E-state index in [9.17, 15) is 0 Å². The first-order valence-electron chi connectivity index (χ1n) is 18.9. The van der Waals surface area contributed by atoms with Gasteiger partial charge in [-0.1, -0.05) is 166 Å². The second kappa shape index (κ2) is 12.9. The normalized spacial score (nSPS) is 12.1. The molecule has 52 heavy (non-hydrogen) atoms. The molecule has 0 nitrogen and oxygen atoms in total. The fraction of sp³-hybridized carbons (Fsp3) is 0.137. The monoisotopic (exact) mass is 684 g/mol. The first-order valence-corrected chi connectivity index (χ1v) is 22.4. The molecule has 9 aromatic carbocycles. The summed E-state index contributed by atoms with van der Waals surface area (Å²) < 4.78 is 0. The second-order valence-corrected chi connectivity index (χ2v) is 20.7. The fourth-order valence-corrected chi connectivity index (χ4v) is 9.93. The minimum Gasteiger partial charge on any atom is -0.0656 e. The zero-order valence-corrected chi connectivity index (χ0v) is 31.6. The zero-order chi connectivity index (χ0) is 35.4. The molecule has 0 aliphatic heterocycles. The van der Waals surface area contributed by atoms with Crippen molar-refractivity contribution >= 4 is 67.1 Å². The van der Waals surface area contributed by atoms with Gasteiger partial charge >= 0.3 is 0 Å². The van der Waals surface area contributed by atoms with Gasteiger partial charge in [-0.25, -0.2) is 0 Å². The van der Waals surface area contributed by atoms with Gasteiger partial charge in [-0.05, 0) is 136 Å². The average Bonchev–Trinajstić information content (AvgIpc) is 3.18. The molecule has 0 atom stereocenters. The van der Waals surface area contributed by atoms with E-state index in [-0.39, 0.29) is 0 Å². The fourth-order valence-electron chi connectivity index (χ4n) is 8.33. The third kappa shape index (κ3) is 5.80. The number of benzene rings is 9. The van der Waals surface area contributed by atoms with Crippen molar-refractivity contribution in [3.63, 3.8) is 0 Å². The van der Waals surface area contributed by atoms with Gasteiger partial charge in [0.15, 0.2) is 0 Å². The summed E-state index contributed by atoms with van der Waals surface area (Å²) in [5, 5.41) is 14.8. The van der Waals surface area contributed by atoms with Crippen LogP contribution in [0.15, 0.2) is 158 Å². The van der Waals surface area contributed by atoms with E-state index in [1.165, 1.54) is 111 Å². The van der Waals surface area contributed by atoms with Crippen molar-refractivity contribution in [3.05, 3.63) is 163 Å². The van der Waals surface area contributed by atoms with Gasteiger partial charge in [0.05, 0.1) is 8.07 Å². The van der Waals surface area contributed by atoms with Crippen LogP contribution in [0.4, 0.5) is 0 Å². The van der Waals surface area contributed by atoms with Gasteiger partial charge in [-0.2, -0.15) is 0 Å². The molecular weight excluding hydrogens is 641 g/mol. The number of hydrogen-bond acceptors (Lipinski definition) is 0. The highest BCUT2D eigenvalue weighted by molar-refractivity contribution is 6.90. The Labute approximate surface area is 308 Å². The van der Waals surface area contributed by atoms with E-state index in [4.69, 9.17) is 0 Å². The molecular formula is C51H44Si. The maximum absolute atomic E-state index is 2.54. The van der Waals surface area contributed by atoms with Crippen LogP contribution in [0.3, 0.4) is 0 Å². The number of unbranched alkanes of at least 4 members (excludes halogenated alkanes) is 1. The second-order valence-electron chi connectivity index (χ2n) is 15.6. The van der Waals surface area contributed by atoms with Gasteiger partial charge in [0.25, 0.3) is 0 Å². The highest BCUT2D eigenvalue weighted by Gasteiger charge is 2.23. The maximum Gasteiger partial charge on any atom is 0.0784 e. The number of rotatable bonds is 7. The van der Waals surface area contributed by atoms with Gasteiger partial charge in [-0.15, -0.1) is 0 Å². The molecule has 0 bridgehead atoms. The maximum atomic E-state index is 2.54. The Balaban J connectivity index is 1.21. The van der Waals surface area contributed by atoms with Crippen LogP contribution in [0.1, 0.15) is 25.3 Å². The molecule has 0 saturated heterocycles. The standard InChI is InChI=1S/C51H44Si/c1-5-6-13-34-26-43(41-25-24-39-29-38(22-23-40(39)30-41)37-21-20-35-14-7-8-15-36(35)28-37)31-44(27-34)48-33-49-50(52(2,3)4)32-42-16-9-10-17-45(42)51(49)47-19-12-11-18-46(47)48/h7-12,14-33H,5-6,13H2,1-4H3. The first-order chi connectivity index (χ1) is 25.3. The van der Waals surface area contributed by atoms with Crippen LogP contribution in [0.2, 0.25) is 19.6 Å². The Bertz CT molecular complexity index is 2810. The summed E-state index contributed by atoms with van der Waals surface area (Å²) in [5.74, 6) is 0. The van der Waals surface area contributed by atoms with Gasteiger partial charge < -0.3 is 0 Å². The smallest absolute Gasteiger partial charge is 0.0656 e. The Morgan fingerprint density at radius 2 is 0.942 bits per heavy atom. The van der Waals surface area contributed by atoms with Crippen LogP contribution in [-0.2, 0) is 6.42 Å². The van der Waals surface area contributed by atoms with Gasteiger partial charge in [-0.3, -0.25) is 0 Å². The third-order valence-electron chi connectivity index (χ3n) is 11.1. The van der Waals surface area contributed by atoms with Crippen molar-refractivity contribution < 1.29 is 0 Å². The number of aryl methyl sites for hydroxylation is 1. The quantitative estimate of drug-likeness (QED) is 0.116. The summed E-state index contributed by atoms with van der Waals surface area (Å²) in [5.41, 5.74) is 9.12. The molecule has 0 saturated carbocycles. The molecule has 1 heteroatoms. The predicted octanol–water partition coefficient (Wildman–Crippen LogP) is 14.3. The van der Waals surface area contributed by atoms with Crippen molar-refractivity contribution in [1.82, 2.24) is 0 Å². The van der Waals surface area contributed by atoms with Crippen molar-refractivity contribution in [2.75, 3.05) is 0 Å². The Morgan fingerprint density at radius 1 is 0.404 bits per heavy atom. The molecule has 9 aromatic rings. The summed E-state index contributed by atoms with van der Waals surface area (Å²) in [6.07, 6.45) is 3.44. The van der Waals surface area contributed by atoms with Crippen molar-refractivity contribution in [2.45, 2.75) is 45.8 Å². The lowest BCUT2D eigenvalue weighted by atomic mass is 9.88. The molecule has 0 unspecified atom stereocenters. The molecule has 0 aliphatic carbocycles. The molecule has 0 N–H and O–H groups in total. The Morgan fingerprint density at radius 3 is 1.62 bits per heavy atom. The van der Waals surface area contributed by atoms with Crippen LogP contribution in [0.25, 0.3) is 87.2 Å². The minimum atomic E-state index is -1.68. The van der Waals surface area contributed by atoms with Crippen molar-refractivity contribution in [1.29, 1.82) is 0 Å². The van der Waals surface area contributed by atoms with Crippen LogP contribution in [-0.4, -0.2) is 8.07 Å². The molecule has 0 heterocycles. The summed E-state index contributed by atoms with van der Waals surface area (Å²) in [6.45, 7) is 9.75. The van der Waals surface area contributed by atoms with E-state index < -0.39 is 8.07 Å². The first kappa shape index (κ1) is 32.4. The molecule has 0 fully saturated rings. The van der Waals surface area contributed by atoms with Gasteiger partial charge in [0.2, 0.25) is 0 Å². The molecule has 9 rings (SSSR count). The van der Waals surface area contributed by atoms with E-state index in [1.54, 1.807) is 0 Å². The highest BCUT2D eigenvalue weighted by atomic mass is 28.3. The van der Waals surface area contributed by atoms with E-state index in [1.807, 2.05) is 0 Å². The average molecular weight is 685 g/mol. The van der Waals surface area contributed by atoms with Crippen LogP contribution in [0, 0.1) is 0 Å². The van der Waals surface area contributed by atoms with Crippen LogP contribution >= 0.6 is 0 Å². The number of hydrogen-bond donors (Lipinski definition) is 0. The molecule has 0 aromatic heterocycles. The Kier molecular flexibility index (Phi) is 8.05.